The molecule has 1 saturated heterocycles. The average Bonchev–Trinajstić information content (AvgIpc) is 3.68. The lowest BCUT2D eigenvalue weighted by Gasteiger charge is -2.30. The number of amidine groups is 1. The minimum Gasteiger partial charge on any atom is -0.471 e. The Bertz CT molecular complexity index is 1990. The molecular weight excluding hydrogens is 797 g/mol. The molecule has 0 spiro atoms. The van der Waals surface area contributed by atoms with E-state index in [1.807, 2.05) is 20.8 Å². The number of ether oxygens (including phenoxy) is 5. The molecule has 326 valence electrons. The van der Waals surface area contributed by atoms with Crippen molar-refractivity contribution in [2.45, 2.75) is 60.1 Å². The topological polar surface area (TPSA) is 226 Å². The van der Waals surface area contributed by atoms with Crippen LogP contribution in [-0.2, 0) is 38.1 Å². The number of aryl methyl sites for hydroxylation is 1. The fraction of sp³-hybridized carbons (Fsp3) is 0.488. The third kappa shape index (κ3) is 13.8. The van der Waals surface area contributed by atoms with Gasteiger partial charge in [0.2, 0.25) is 0 Å². The first-order valence-corrected chi connectivity index (χ1v) is 20.1. The third-order valence-electron chi connectivity index (χ3n) is 9.46. The number of fused-ring (bicyclic) bond motifs is 1. The molecule has 4 rings (SSSR count). The summed E-state index contributed by atoms with van der Waals surface area (Å²) in [5.74, 6) is -3.34. The highest BCUT2D eigenvalue weighted by Gasteiger charge is 2.28. The van der Waals surface area contributed by atoms with E-state index in [1.165, 1.54) is 12.1 Å². The van der Waals surface area contributed by atoms with Gasteiger partial charge in [-0.05, 0) is 90.4 Å². The Labute approximate surface area is 355 Å². The van der Waals surface area contributed by atoms with Crippen molar-refractivity contribution in [2.75, 3.05) is 77.6 Å². The van der Waals surface area contributed by atoms with Crippen molar-refractivity contribution in [3.05, 3.63) is 58.4 Å². The smallest absolute Gasteiger partial charge is 0.349 e. The number of aromatic nitrogens is 1. The highest BCUT2D eigenvalue weighted by atomic mass is 32.1. The number of amides is 2. The summed E-state index contributed by atoms with van der Waals surface area (Å²) < 4.78 is 30.7. The number of likely N-dealkylation sites (N-methyl/N-ethyl adjacent to an activating group) is 1. The zero-order valence-electron chi connectivity index (χ0n) is 35.2. The normalized spacial score (nSPS) is 15.5. The van der Waals surface area contributed by atoms with Gasteiger partial charge in [-0.1, -0.05) is 13.8 Å². The summed E-state index contributed by atoms with van der Waals surface area (Å²) in [7, 11) is 0. The van der Waals surface area contributed by atoms with E-state index in [0.29, 0.717) is 66.6 Å². The first-order chi connectivity index (χ1) is 28.5. The Morgan fingerprint density at radius 1 is 1.08 bits per heavy atom. The monoisotopic (exact) mass is 852 g/mol. The van der Waals surface area contributed by atoms with E-state index in [4.69, 9.17) is 29.1 Å². The number of aromatic amines is 1. The number of morpholine rings is 1. The number of anilines is 1. The van der Waals surface area contributed by atoms with E-state index in [1.54, 1.807) is 30.9 Å². The van der Waals surface area contributed by atoms with Gasteiger partial charge in [0.25, 0.3) is 17.7 Å². The van der Waals surface area contributed by atoms with Crippen LogP contribution >= 0.6 is 12.8 Å². The number of esters is 3. The van der Waals surface area contributed by atoms with Gasteiger partial charge in [0.05, 0.1) is 24.4 Å². The Hall–Kier alpha value is -5.50. The largest absolute Gasteiger partial charge is 0.471 e. The predicted molar refractivity (Wildman–Crippen MR) is 229 cm³/mol. The van der Waals surface area contributed by atoms with Crippen LogP contribution in [0.4, 0.5) is 5.69 Å². The molecule has 0 radical (unpaired) electrons. The molecular formula is C41H56N8O10S. The van der Waals surface area contributed by atoms with E-state index < -0.39 is 30.6 Å². The summed E-state index contributed by atoms with van der Waals surface area (Å²) in [6.07, 6.45) is 2.45. The van der Waals surface area contributed by atoms with E-state index >= 15 is 0 Å². The summed E-state index contributed by atoms with van der Waals surface area (Å²) in [6, 6.07) is 4.56. The molecule has 1 atom stereocenters. The summed E-state index contributed by atoms with van der Waals surface area (Å²) in [4.78, 5) is 71.1. The summed E-state index contributed by atoms with van der Waals surface area (Å²) in [6.45, 7) is 17.7. The molecule has 19 heteroatoms. The van der Waals surface area contributed by atoms with Crippen molar-refractivity contribution < 1.29 is 47.7 Å². The number of thiol groups is 1. The lowest BCUT2D eigenvalue weighted by Crippen LogP contribution is -2.46. The van der Waals surface area contributed by atoms with E-state index in [9.17, 15) is 24.0 Å². The van der Waals surface area contributed by atoms with Gasteiger partial charge in [0, 0.05) is 73.1 Å². The Morgan fingerprint density at radius 3 is 2.45 bits per heavy atom. The molecule has 2 aromatic rings. The lowest BCUT2D eigenvalue weighted by atomic mass is 10.0. The second-order valence-electron chi connectivity index (χ2n) is 14.9. The number of carbonyl (C=O) groups is 5. The predicted octanol–water partition coefficient (Wildman–Crippen LogP) is 3.07. The van der Waals surface area contributed by atoms with Gasteiger partial charge in [0.1, 0.15) is 18.5 Å². The van der Waals surface area contributed by atoms with Crippen molar-refractivity contribution in [3.63, 3.8) is 0 Å². The van der Waals surface area contributed by atoms with Crippen molar-refractivity contribution in [3.8, 4) is 5.75 Å². The second-order valence-corrected chi connectivity index (χ2v) is 15.1. The number of rotatable bonds is 17. The molecule has 3 heterocycles. The molecule has 1 aromatic heterocycles. The van der Waals surface area contributed by atoms with Crippen LogP contribution in [0.25, 0.3) is 11.6 Å². The fourth-order valence-electron chi connectivity index (χ4n) is 6.23. The highest BCUT2D eigenvalue weighted by molar-refractivity contribution is 7.79. The molecule has 0 aliphatic carbocycles. The van der Waals surface area contributed by atoms with E-state index in [0.717, 1.165) is 31.8 Å². The molecule has 1 fully saturated rings. The number of hydrogen-bond donors (Lipinski definition) is 6. The number of benzene rings is 1. The molecule has 2 amide bonds. The second kappa shape index (κ2) is 22.2. The Balaban J connectivity index is 1.32. The molecule has 1 aromatic carbocycles. The molecule has 2 aliphatic rings. The van der Waals surface area contributed by atoms with Crippen LogP contribution in [-0.4, -0.2) is 140 Å². The number of nitrogens with one attached hydrogen (secondary N) is 5. The number of nitrogens with zero attached hydrogens (tertiary/aromatic N) is 3. The molecule has 0 bridgehead atoms. The van der Waals surface area contributed by atoms with Crippen molar-refractivity contribution >= 4 is 71.6 Å². The van der Waals surface area contributed by atoms with Crippen LogP contribution in [0, 0.1) is 19.3 Å². The Kier molecular flexibility index (Phi) is 17.5. The van der Waals surface area contributed by atoms with Gasteiger partial charge >= 0.3 is 17.9 Å². The SMILES string of the molecule is CCN(CC)CCNC(=O)c1c(C)[nH]c(/C=C2\C(=O)Nc3ccc(OC(=O)COC(=O)/C=C/C(=O)O[C@@H](CNC(C)(C)C)COC(=N)C(=NS)N4CCOCC4)cc32)c1C. The molecule has 2 aliphatic heterocycles. The number of hydrogen-bond acceptors (Lipinski definition) is 15. The first kappa shape index (κ1) is 47.2. The van der Waals surface area contributed by atoms with Gasteiger partial charge < -0.3 is 54.4 Å². The third-order valence-corrected chi connectivity index (χ3v) is 9.65. The maximum atomic E-state index is 13.1. The molecule has 0 saturated carbocycles. The zero-order valence-corrected chi connectivity index (χ0v) is 36.1. The lowest BCUT2D eigenvalue weighted by molar-refractivity contribution is -0.150. The molecule has 18 nitrogen and oxygen atoms in total. The first-order valence-electron chi connectivity index (χ1n) is 19.7. The van der Waals surface area contributed by atoms with Gasteiger partial charge in [-0.15, -0.1) is 0 Å². The summed E-state index contributed by atoms with van der Waals surface area (Å²) in [5, 5.41) is 17.3. The highest BCUT2D eigenvalue weighted by Crippen LogP contribution is 2.36. The average molecular weight is 853 g/mol. The quantitative estimate of drug-likeness (QED) is 0.0337. The van der Waals surface area contributed by atoms with Gasteiger partial charge in [0.15, 0.2) is 12.4 Å². The van der Waals surface area contributed by atoms with Gasteiger partial charge in [-0.3, -0.25) is 15.0 Å². The van der Waals surface area contributed by atoms with Gasteiger partial charge in [-0.2, -0.15) is 4.40 Å². The zero-order chi connectivity index (χ0) is 44.0. The minimum atomic E-state index is -1.01. The summed E-state index contributed by atoms with van der Waals surface area (Å²) >= 11 is 3.98. The minimum absolute atomic E-state index is 0.0897. The van der Waals surface area contributed by atoms with Crippen LogP contribution in [0.2, 0.25) is 0 Å². The number of carbonyl (C=O) groups excluding carboxylic acids is 5. The van der Waals surface area contributed by atoms with Crippen LogP contribution < -0.4 is 20.7 Å². The maximum Gasteiger partial charge on any atom is 0.349 e. The molecule has 60 heavy (non-hydrogen) atoms. The van der Waals surface area contributed by atoms with Crippen molar-refractivity contribution in [1.82, 2.24) is 25.4 Å². The summed E-state index contributed by atoms with van der Waals surface area (Å²) in [5.41, 5.74) is 3.32. The molecule has 0 unspecified atom stereocenters. The van der Waals surface area contributed by atoms with Crippen LogP contribution in [0.1, 0.15) is 67.5 Å². The van der Waals surface area contributed by atoms with Crippen molar-refractivity contribution in [2.24, 2.45) is 4.40 Å². The Morgan fingerprint density at radius 2 is 1.78 bits per heavy atom. The van der Waals surface area contributed by atoms with Gasteiger partial charge in [-0.25, -0.2) is 14.4 Å². The standard InChI is InChI=1S/C41H56N8O10S/c1-8-48(9-2)15-14-43-40(54)36-25(3)32(45-26(36)4)21-30-29-20-27(10-11-31(29)46-39(30)53)58-35(52)24-56-33(50)12-13-34(51)59-28(22-44-41(5,6)7)23-57-37(42)38(47-60)49-16-18-55-19-17-49/h10-13,20-21,28,42,44-45,60H,8-9,14-19,22-24H2,1-7H3,(H,43,54)(H,46,53)/b13-12+,30-21-,42-37?,47-38?/t28-/m0/s1. The molecule has 5 N–H and O–H groups in total. The van der Waals surface area contributed by atoms with Crippen molar-refractivity contribution in [1.29, 1.82) is 5.41 Å². The van der Waals surface area contributed by atoms with E-state index in [-0.39, 0.29) is 53.6 Å². The van der Waals surface area contributed by atoms with Crippen LogP contribution in [0.3, 0.4) is 0 Å². The number of H-pyrrole nitrogens is 1. The fourth-order valence-corrected chi connectivity index (χ4v) is 6.45. The van der Waals surface area contributed by atoms with Crippen LogP contribution in [0.5, 0.6) is 5.75 Å². The van der Waals surface area contributed by atoms with Crippen LogP contribution in [0.15, 0.2) is 34.7 Å². The maximum absolute atomic E-state index is 13.1. The van der Waals surface area contributed by atoms with E-state index in [2.05, 4.69) is 56.9 Å².